The molecule has 0 unspecified atom stereocenters. The number of pyridine rings is 1. The average molecular weight is 524 g/mol. The zero-order valence-corrected chi connectivity index (χ0v) is 20.3. The average Bonchev–Trinajstić information content (AvgIpc) is 2.83. The molecule has 0 fully saturated rings. The first-order valence-corrected chi connectivity index (χ1v) is 12.7. The Balaban J connectivity index is 1.50. The molecule has 7 heteroatoms. The largest absolute Gasteiger partial charge is 0.495 e. The molecule has 4 rings (SSSR count). The minimum absolute atomic E-state index is 0.143. The minimum Gasteiger partial charge on any atom is -0.495 e. The summed E-state index contributed by atoms with van der Waals surface area (Å²) in [6, 6.07) is 24.4. The van der Waals surface area contributed by atoms with Gasteiger partial charge in [-0.1, -0.05) is 58.4 Å². The molecule has 0 amide bonds. The van der Waals surface area contributed by atoms with E-state index in [2.05, 4.69) is 20.9 Å². The fraction of sp³-hybridized carbons (Fsp3) is 0.115. The predicted octanol–water partition coefficient (Wildman–Crippen LogP) is 6.07. The second kappa shape index (κ2) is 10.2. The van der Waals surface area contributed by atoms with Crippen LogP contribution >= 0.6 is 15.9 Å². The monoisotopic (exact) mass is 523 g/mol. The topological polar surface area (TPSA) is 65.5 Å². The lowest BCUT2D eigenvalue weighted by Gasteiger charge is -2.11. The van der Waals surface area contributed by atoms with Gasteiger partial charge in [0.1, 0.15) is 23.0 Å². The van der Waals surface area contributed by atoms with Gasteiger partial charge >= 0.3 is 0 Å². The van der Waals surface area contributed by atoms with Crippen LogP contribution < -0.4 is 9.47 Å². The molecule has 0 radical (unpaired) electrons. The van der Waals surface area contributed by atoms with Crippen molar-refractivity contribution < 1.29 is 17.9 Å². The second-order valence-electron chi connectivity index (χ2n) is 7.43. The first-order chi connectivity index (χ1) is 15.9. The van der Waals surface area contributed by atoms with E-state index in [0.29, 0.717) is 22.4 Å². The molecule has 0 N–H and O–H groups in total. The van der Waals surface area contributed by atoms with Crippen molar-refractivity contribution in [2.24, 2.45) is 0 Å². The Bertz CT molecular complexity index is 1340. The van der Waals surface area contributed by atoms with Crippen molar-refractivity contribution in [2.75, 3.05) is 7.11 Å². The lowest BCUT2D eigenvalue weighted by molar-refractivity contribution is 0.306. The number of aromatic nitrogens is 1. The van der Waals surface area contributed by atoms with E-state index in [1.165, 1.54) is 7.11 Å². The molecule has 33 heavy (non-hydrogen) atoms. The van der Waals surface area contributed by atoms with Gasteiger partial charge in [0.25, 0.3) is 0 Å². The van der Waals surface area contributed by atoms with E-state index in [1.807, 2.05) is 60.7 Å². The smallest absolute Gasteiger partial charge is 0.186 e. The Morgan fingerprint density at radius 3 is 2.33 bits per heavy atom. The summed E-state index contributed by atoms with van der Waals surface area (Å²) in [6.45, 7) is 0.494. The fourth-order valence-corrected chi connectivity index (χ4v) is 5.43. The van der Waals surface area contributed by atoms with Crippen LogP contribution in [0.2, 0.25) is 0 Å². The third-order valence-corrected chi connectivity index (χ3v) is 7.24. The van der Waals surface area contributed by atoms with Crippen molar-refractivity contribution >= 4 is 25.8 Å². The van der Waals surface area contributed by atoms with Crippen LogP contribution in [0.3, 0.4) is 0 Å². The van der Waals surface area contributed by atoms with E-state index in [0.717, 1.165) is 22.4 Å². The Morgan fingerprint density at radius 1 is 0.848 bits per heavy atom. The first-order valence-electron chi connectivity index (χ1n) is 10.2. The van der Waals surface area contributed by atoms with Crippen LogP contribution in [0.15, 0.2) is 101 Å². The highest BCUT2D eigenvalue weighted by molar-refractivity contribution is 9.10. The Labute approximate surface area is 202 Å². The van der Waals surface area contributed by atoms with Crippen molar-refractivity contribution in [2.45, 2.75) is 17.3 Å². The molecular weight excluding hydrogens is 502 g/mol. The number of methoxy groups -OCH3 is 1. The highest BCUT2D eigenvalue weighted by Gasteiger charge is 2.21. The third-order valence-electron chi connectivity index (χ3n) is 5.05. The summed E-state index contributed by atoms with van der Waals surface area (Å²) in [4.78, 5) is 4.40. The first kappa shape index (κ1) is 23.0. The number of nitrogens with zero attached hydrogens (tertiary/aromatic N) is 1. The second-order valence-corrected chi connectivity index (χ2v) is 10.3. The van der Waals surface area contributed by atoms with Gasteiger partial charge in [0.2, 0.25) is 0 Å². The number of sulfone groups is 1. The lowest BCUT2D eigenvalue weighted by Crippen LogP contribution is -2.07. The van der Waals surface area contributed by atoms with E-state index in [9.17, 15) is 8.42 Å². The van der Waals surface area contributed by atoms with Gasteiger partial charge in [-0.05, 0) is 53.1 Å². The van der Waals surface area contributed by atoms with Gasteiger partial charge in [-0.2, -0.15) is 0 Å². The minimum atomic E-state index is -3.63. The Morgan fingerprint density at radius 2 is 1.61 bits per heavy atom. The highest BCUT2D eigenvalue weighted by Crippen LogP contribution is 2.30. The molecule has 0 bridgehead atoms. The summed E-state index contributed by atoms with van der Waals surface area (Å²) in [7, 11) is -2.18. The highest BCUT2D eigenvalue weighted by atomic mass is 79.9. The van der Waals surface area contributed by atoms with Crippen molar-refractivity contribution in [3.8, 4) is 22.6 Å². The molecule has 0 aliphatic heterocycles. The third kappa shape index (κ3) is 5.80. The zero-order valence-electron chi connectivity index (χ0n) is 17.9. The number of halogens is 1. The summed E-state index contributed by atoms with van der Waals surface area (Å²) >= 11 is 3.33. The maximum Gasteiger partial charge on any atom is 0.186 e. The zero-order chi connectivity index (χ0) is 23.3. The van der Waals surface area contributed by atoms with Crippen LogP contribution in [0, 0.1) is 0 Å². The van der Waals surface area contributed by atoms with Crippen LogP contribution in [0.4, 0.5) is 0 Å². The van der Waals surface area contributed by atoms with E-state index in [-0.39, 0.29) is 10.6 Å². The van der Waals surface area contributed by atoms with Crippen LogP contribution in [-0.4, -0.2) is 20.5 Å². The molecule has 3 aromatic carbocycles. The van der Waals surface area contributed by atoms with E-state index in [4.69, 9.17) is 9.47 Å². The Hall–Kier alpha value is -3.16. The number of hydrogen-bond donors (Lipinski definition) is 0. The molecule has 0 aliphatic carbocycles. The van der Waals surface area contributed by atoms with Crippen molar-refractivity contribution in [1.82, 2.24) is 4.98 Å². The summed E-state index contributed by atoms with van der Waals surface area (Å²) < 4.78 is 37.9. The van der Waals surface area contributed by atoms with Crippen LogP contribution in [-0.2, 0) is 22.2 Å². The van der Waals surface area contributed by atoms with Crippen molar-refractivity contribution in [3.05, 3.63) is 107 Å². The van der Waals surface area contributed by atoms with Gasteiger partial charge in [0, 0.05) is 22.4 Å². The normalized spacial score (nSPS) is 11.2. The molecule has 0 atom stereocenters. The summed E-state index contributed by atoms with van der Waals surface area (Å²) in [6.07, 6.45) is 3.29. The summed E-state index contributed by atoms with van der Waals surface area (Å²) in [5, 5.41) is 0. The number of ether oxygens (including phenoxy) is 2. The van der Waals surface area contributed by atoms with Gasteiger partial charge in [0.05, 0.1) is 12.9 Å². The van der Waals surface area contributed by atoms with Gasteiger partial charge < -0.3 is 9.47 Å². The molecule has 1 aromatic heterocycles. The molecule has 168 valence electrons. The predicted molar refractivity (Wildman–Crippen MR) is 132 cm³/mol. The van der Waals surface area contributed by atoms with Gasteiger partial charge in [0.15, 0.2) is 9.84 Å². The van der Waals surface area contributed by atoms with E-state index < -0.39 is 9.84 Å². The molecule has 1 heterocycles. The Kier molecular flexibility index (Phi) is 7.11. The van der Waals surface area contributed by atoms with Crippen LogP contribution in [0.25, 0.3) is 11.1 Å². The lowest BCUT2D eigenvalue weighted by atomic mass is 10.1. The van der Waals surface area contributed by atoms with Crippen LogP contribution in [0.5, 0.6) is 11.5 Å². The maximum atomic E-state index is 13.1. The van der Waals surface area contributed by atoms with Crippen molar-refractivity contribution in [1.29, 1.82) is 0 Å². The number of hydrogen-bond acceptors (Lipinski definition) is 5. The molecule has 0 aliphatic rings. The van der Waals surface area contributed by atoms with Gasteiger partial charge in [-0.3, -0.25) is 4.98 Å². The molecular formula is C26H22BrNO4S. The molecule has 4 aromatic rings. The fourth-order valence-electron chi connectivity index (χ4n) is 3.40. The summed E-state index contributed by atoms with van der Waals surface area (Å²) in [5.74, 6) is 0.892. The van der Waals surface area contributed by atoms with Crippen LogP contribution in [0.1, 0.15) is 11.1 Å². The summed E-state index contributed by atoms with van der Waals surface area (Å²) in [5.41, 5.74) is 3.45. The number of benzene rings is 3. The van der Waals surface area contributed by atoms with E-state index in [1.54, 1.807) is 30.6 Å². The molecule has 5 nitrogen and oxygen atoms in total. The molecule has 0 spiro atoms. The molecule has 0 saturated heterocycles. The SMILES string of the molecule is COc1ccc(Br)cc1S(=O)(=O)Cc1cncc(-c2ccc(OCc3ccccc3)cc2)c1. The standard InChI is InChI=1S/C26H22BrNO4S/c1-31-25-12-9-23(27)14-26(25)33(29,30)18-20-13-22(16-28-15-20)21-7-10-24(11-8-21)32-17-19-5-3-2-4-6-19/h2-16H,17-18H2,1H3. The maximum absolute atomic E-state index is 13.1. The van der Waals surface area contributed by atoms with Gasteiger partial charge in [-0.15, -0.1) is 0 Å². The number of rotatable bonds is 8. The van der Waals surface area contributed by atoms with Gasteiger partial charge in [-0.25, -0.2) is 8.42 Å². The van der Waals surface area contributed by atoms with Crippen molar-refractivity contribution in [3.63, 3.8) is 0 Å². The van der Waals surface area contributed by atoms with E-state index >= 15 is 0 Å². The quantitative estimate of drug-likeness (QED) is 0.280. The molecule has 0 saturated carbocycles.